The minimum absolute atomic E-state index is 0.143. The molecular formula is C18H25N3O3S. The molecule has 1 aromatic heterocycles. The molecule has 1 aliphatic rings. The maximum Gasteiger partial charge on any atom is 0.163 e. The summed E-state index contributed by atoms with van der Waals surface area (Å²) < 4.78 is 31.3. The summed E-state index contributed by atoms with van der Waals surface area (Å²) in [6.45, 7) is 3.34. The molecule has 0 atom stereocenters. The van der Waals surface area contributed by atoms with Gasteiger partial charge in [0.15, 0.2) is 15.7 Å². The van der Waals surface area contributed by atoms with E-state index in [2.05, 4.69) is 17.1 Å². The Bertz CT molecular complexity index is 797. The molecule has 0 amide bonds. The standard InChI is InChI=1S/C18H25N3O3S/c1-2-3-4-5-12-24-16-8-6-15(7-9-16)18-20-19-17-10-13-25(22,23)14-11-21(17)18/h6-9H,2-5,10-14H2,1H3. The summed E-state index contributed by atoms with van der Waals surface area (Å²) in [5, 5.41) is 8.44. The predicted octanol–water partition coefficient (Wildman–Crippen LogP) is 2.88. The van der Waals surface area contributed by atoms with Crippen LogP contribution in [0.2, 0.25) is 0 Å². The highest BCUT2D eigenvalue weighted by Gasteiger charge is 2.22. The fourth-order valence-corrected chi connectivity index (χ4v) is 4.13. The van der Waals surface area contributed by atoms with E-state index in [1.165, 1.54) is 19.3 Å². The van der Waals surface area contributed by atoms with Gasteiger partial charge in [-0.3, -0.25) is 0 Å². The van der Waals surface area contributed by atoms with E-state index in [1.54, 1.807) is 0 Å². The maximum atomic E-state index is 11.8. The van der Waals surface area contributed by atoms with Gasteiger partial charge in [0.05, 0.1) is 18.1 Å². The van der Waals surface area contributed by atoms with Crippen molar-refractivity contribution < 1.29 is 13.2 Å². The van der Waals surface area contributed by atoms with Gasteiger partial charge >= 0.3 is 0 Å². The number of rotatable bonds is 7. The lowest BCUT2D eigenvalue weighted by molar-refractivity contribution is 0.305. The number of benzene rings is 1. The topological polar surface area (TPSA) is 74.1 Å². The number of unbranched alkanes of at least 4 members (excludes halogenated alkanes) is 3. The van der Waals surface area contributed by atoms with E-state index in [0.29, 0.717) is 13.0 Å². The van der Waals surface area contributed by atoms with Gasteiger partial charge in [0.2, 0.25) is 0 Å². The van der Waals surface area contributed by atoms with Crippen molar-refractivity contribution in [2.45, 2.75) is 45.6 Å². The number of fused-ring (bicyclic) bond motifs is 1. The van der Waals surface area contributed by atoms with Crippen molar-refractivity contribution >= 4 is 9.84 Å². The summed E-state index contributed by atoms with van der Waals surface area (Å²) in [6, 6.07) is 7.78. The average Bonchev–Trinajstić information content (AvgIpc) is 2.95. The number of sulfone groups is 1. The van der Waals surface area contributed by atoms with Crippen LogP contribution < -0.4 is 4.74 Å². The van der Waals surface area contributed by atoms with Crippen LogP contribution in [0.4, 0.5) is 0 Å². The molecule has 0 saturated carbocycles. The predicted molar refractivity (Wildman–Crippen MR) is 97.5 cm³/mol. The number of nitrogens with zero attached hydrogens (tertiary/aromatic N) is 3. The lowest BCUT2D eigenvalue weighted by Gasteiger charge is -2.09. The lowest BCUT2D eigenvalue weighted by atomic mass is 10.2. The molecule has 25 heavy (non-hydrogen) atoms. The van der Waals surface area contributed by atoms with Crippen molar-refractivity contribution in [1.82, 2.24) is 14.8 Å². The van der Waals surface area contributed by atoms with Crippen LogP contribution in [0.25, 0.3) is 11.4 Å². The Morgan fingerprint density at radius 1 is 1.08 bits per heavy atom. The van der Waals surface area contributed by atoms with Crippen LogP contribution in [0.1, 0.15) is 38.4 Å². The van der Waals surface area contributed by atoms with Gasteiger partial charge in [-0.25, -0.2) is 8.42 Å². The number of hydrogen-bond acceptors (Lipinski definition) is 5. The first-order chi connectivity index (χ1) is 12.1. The fraction of sp³-hybridized carbons (Fsp3) is 0.556. The molecule has 0 radical (unpaired) electrons. The largest absolute Gasteiger partial charge is 0.494 e. The highest BCUT2D eigenvalue weighted by molar-refractivity contribution is 7.91. The molecule has 1 aromatic carbocycles. The fourth-order valence-electron chi connectivity index (χ4n) is 2.97. The monoisotopic (exact) mass is 363 g/mol. The zero-order valence-electron chi connectivity index (χ0n) is 14.6. The quantitative estimate of drug-likeness (QED) is 0.707. The van der Waals surface area contributed by atoms with E-state index in [0.717, 1.165) is 36.0 Å². The average molecular weight is 363 g/mol. The van der Waals surface area contributed by atoms with Crippen molar-refractivity contribution in [1.29, 1.82) is 0 Å². The van der Waals surface area contributed by atoms with Crippen molar-refractivity contribution in [3.63, 3.8) is 0 Å². The summed E-state index contributed by atoms with van der Waals surface area (Å²) in [6.07, 6.45) is 5.16. The highest BCUT2D eigenvalue weighted by atomic mass is 32.2. The van der Waals surface area contributed by atoms with Gasteiger partial charge in [0, 0.05) is 18.5 Å². The first kappa shape index (κ1) is 17.9. The van der Waals surface area contributed by atoms with Crippen molar-refractivity contribution in [3.8, 4) is 17.1 Å². The minimum Gasteiger partial charge on any atom is -0.494 e. The molecule has 7 heteroatoms. The SMILES string of the molecule is CCCCCCOc1ccc(-c2nnc3n2CCS(=O)(=O)CC3)cc1. The second-order valence-corrected chi connectivity index (χ2v) is 8.73. The van der Waals surface area contributed by atoms with E-state index in [1.807, 2.05) is 28.8 Å². The minimum atomic E-state index is -2.99. The molecule has 6 nitrogen and oxygen atoms in total. The molecule has 2 aromatic rings. The molecule has 0 unspecified atom stereocenters. The Labute approximate surface area is 149 Å². The van der Waals surface area contributed by atoms with Crippen LogP contribution in [0, 0.1) is 0 Å². The molecule has 136 valence electrons. The van der Waals surface area contributed by atoms with Gasteiger partial charge in [-0.15, -0.1) is 10.2 Å². The molecule has 0 bridgehead atoms. The van der Waals surface area contributed by atoms with E-state index in [9.17, 15) is 8.42 Å². The second-order valence-electron chi connectivity index (χ2n) is 6.43. The molecule has 0 aliphatic carbocycles. The molecule has 1 aliphatic heterocycles. The zero-order valence-corrected chi connectivity index (χ0v) is 15.5. The smallest absolute Gasteiger partial charge is 0.163 e. The summed E-state index contributed by atoms with van der Waals surface area (Å²) >= 11 is 0. The van der Waals surface area contributed by atoms with Gasteiger partial charge in [-0.05, 0) is 30.7 Å². The molecule has 0 fully saturated rings. The number of aryl methyl sites for hydroxylation is 1. The molecule has 2 heterocycles. The Morgan fingerprint density at radius 2 is 1.88 bits per heavy atom. The number of aromatic nitrogens is 3. The van der Waals surface area contributed by atoms with Crippen LogP contribution in [0.3, 0.4) is 0 Å². The Morgan fingerprint density at radius 3 is 2.64 bits per heavy atom. The third-order valence-electron chi connectivity index (χ3n) is 4.47. The normalized spacial score (nSPS) is 16.2. The number of ether oxygens (including phenoxy) is 1. The van der Waals surface area contributed by atoms with Crippen LogP contribution in [0.15, 0.2) is 24.3 Å². The van der Waals surface area contributed by atoms with E-state index >= 15 is 0 Å². The van der Waals surface area contributed by atoms with Crippen molar-refractivity contribution in [2.24, 2.45) is 0 Å². The van der Waals surface area contributed by atoms with E-state index in [-0.39, 0.29) is 11.5 Å². The second kappa shape index (κ2) is 7.99. The van der Waals surface area contributed by atoms with Gasteiger partial charge in [0.1, 0.15) is 11.6 Å². The first-order valence-electron chi connectivity index (χ1n) is 8.95. The van der Waals surface area contributed by atoms with Crippen LogP contribution in [0.5, 0.6) is 5.75 Å². The summed E-state index contributed by atoms with van der Waals surface area (Å²) in [4.78, 5) is 0. The van der Waals surface area contributed by atoms with Crippen LogP contribution >= 0.6 is 0 Å². The third-order valence-corrected chi connectivity index (χ3v) is 6.10. The van der Waals surface area contributed by atoms with Crippen molar-refractivity contribution in [2.75, 3.05) is 18.1 Å². The summed E-state index contributed by atoms with van der Waals surface area (Å²) in [5.41, 5.74) is 0.927. The summed E-state index contributed by atoms with van der Waals surface area (Å²) in [7, 11) is -2.99. The van der Waals surface area contributed by atoms with Crippen molar-refractivity contribution in [3.05, 3.63) is 30.1 Å². The molecule has 3 rings (SSSR count). The van der Waals surface area contributed by atoms with Crippen LogP contribution in [-0.2, 0) is 22.8 Å². The third kappa shape index (κ3) is 4.60. The first-order valence-corrected chi connectivity index (χ1v) is 10.8. The van der Waals surface area contributed by atoms with Gasteiger partial charge in [0.25, 0.3) is 0 Å². The molecule has 0 spiro atoms. The Kier molecular flexibility index (Phi) is 5.73. The van der Waals surface area contributed by atoms with E-state index < -0.39 is 9.84 Å². The lowest BCUT2D eigenvalue weighted by Crippen LogP contribution is -2.12. The van der Waals surface area contributed by atoms with E-state index in [4.69, 9.17) is 4.74 Å². The zero-order chi connectivity index (χ0) is 17.7. The Balaban J connectivity index is 1.66. The molecule has 0 saturated heterocycles. The Hall–Kier alpha value is -1.89. The van der Waals surface area contributed by atoms with Gasteiger partial charge < -0.3 is 9.30 Å². The summed E-state index contributed by atoms with van der Waals surface area (Å²) in [5.74, 6) is 2.60. The van der Waals surface area contributed by atoms with Crippen LogP contribution in [-0.4, -0.2) is 41.3 Å². The molecule has 0 N–H and O–H groups in total. The van der Waals surface area contributed by atoms with Gasteiger partial charge in [-0.2, -0.15) is 0 Å². The van der Waals surface area contributed by atoms with Gasteiger partial charge in [-0.1, -0.05) is 26.2 Å². The maximum absolute atomic E-state index is 11.8. The number of hydrogen-bond donors (Lipinski definition) is 0. The molecular weight excluding hydrogens is 338 g/mol. The highest BCUT2D eigenvalue weighted by Crippen LogP contribution is 2.23.